The number of aliphatic hydroxyl groups excluding tert-OH is 1. The van der Waals surface area contributed by atoms with E-state index < -0.39 is 97.5 Å². The van der Waals surface area contributed by atoms with Gasteiger partial charge in [-0.05, 0) is 31.6 Å². The highest BCUT2D eigenvalue weighted by Crippen LogP contribution is 2.45. The van der Waals surface area contributed by atoms with Crippen molar-refractivity contribution < 1.29 is 80.2 Å². The molecule has 3 unspecified atom stereocenters. The van der Waals surface area contributed by atoms with Crippen molar-refractivity contribution in [2.45, 2.75) is 368 Å². The Morgan fingerprint density at radius 3 is 0.816 bits per heavy atom. The zero-order valence-corrected chi connectivity index (χ0v) is 57.9. The number of carbonyl (C=O) groups is 4. The molecule has 6 atom stereocenters. The van der Waals surface area contributed by atoms with Crippen LogP contribution in [0.2, 0.25) is 0 Å². The first-order valence-electron chi connectivity index (χ1n) is 35.7. The minimum Gasteiger partial charge on any atom is -0.462 e. The van der Waals surface area contributed by atoms with Crippen molar-refractivity contribution in [3.63, 3.8) is 0 Å². The van der Waals surface area contributed by atoms with Crippen LogP contribution in [0.5, 0.6) is 0 Å². The molecule has 0 aliphatic carbocycles. The lowest BCUT2D eigenvalue weighted by molar-refractivity contribution is -0.161. The van der Waals surface area contributed by atoms with Crippen molar-refractivity contribution >= 4 is 39.5 Å². The normalized spacial score (nSPS) is 14.4. The number of hydrogen-bond acceptors (Lipinski definition) is 15. The molecule has 0 rings (SSSR count). The highest BCUT2D eigenvalue weighted by atomic mass is 31.2. The maximum atomic E-state index is 13.0. The molecule has 3 N–H and O–H groups in total. The number of phosphoric ester groups is 2. The van der Waals surface area contributed by atoms with Crippen molar-refractivity contribution in [2.75, 3.05) is 39.6 Å². The van der Waals surface area contributed by atoms with Gasteiger partial charge in [0.25, 0.3) is 0 Å². The van der Waals surface area contributed by atoms with E-state index in [9.17, 15) is 43.2 Å². The van der Waals surface area contributed by atoms with Gasteiger partial charge in [0.2, 0.25) is 0 Å². The summed E-state index contributed by atoms with van der Waals surface area (Å²) in [4.78, 5) is 72.3. The molecule has 0 aliphatic rings. The average molecular weight is 1280 g/mol. The Morgan fingerprint density at radius 1 is 0.322 bits per heavy atom. The van der Waals surface area contributed by atoms with Crippen molar-refractivity contribution in [2.24, 2.45) is 5.92 Å². The zero-order valence-electron chi connectivity index (χ0n) is 56.2. The smallest absolute Gasteiger partial charge is 0.462 e. The van der Waals surface area contributed by atoms with Crippen molar-refractivity contribution in [3.05, 3.63) is 0 Å². The second-order valence-electron chi connectivity index (χ2n) is 24.8. The van der Waals surface area contributed by atoms with Crippen molar-refractivity contribution in [3.8, 4) is 0 Å². The molecular formula is C68H132O17P2. The van der Waals surface area contributed by atoms with Gasteiger partial charge in [0.1, 0.15) is 19.3 Å². The monoisotopic (exact) mass is 1280 g/mol. The summed E-state index contributed by atoms with van der Waals surface area (Å²) in [6.45, 7) is 7.15. The van der Waals surface area contributed by atoms with Gasteiger partial charge in [-0.2, -0.15) is 0 Å². The number of unbranched alkanes of at least 4 members (excludes halogenated alkanes) is 39. The van der Waals surface area contributed by atoms with Gasteiger partial charge in [0.15, 0.2) is 12.2 Å². The Balaban J connectivity index is 5.21. The van der Waals surface area contributed by atoms with E-state index in [2.05, 4.69) is 34.6 Å². The summed E-state index contributed by atoms with van der Waals surface area (Å²) in [7, 11) is -9.89. The quantitative estimate of drug-likeness (QED) is 0.0222. The summed E-state index contributed by atoms with van der Waals surface area (Å²) in [5.74, 6) is -1.41. The van der Waals surface area contributed by atoms with Crippen LogP contribution in [-0.2, 0) is 65.4 Å². The van der Waals surface area contributed by atoms with E-state index >= 15 is 0 Å². The Hall–Kier alpha value is -1.94. The van der Waals surface area contributed by atoms with Gasteiger partial charge in [-0.1, -0.05) is 298 Å². The fourth-order valence-corrected chi connectivity index (χ4v) is 11.8. The number of rotatable bonds is 68. The second-order valence-corrected chi connectivity index (χ2v) is 27.7. The maximum Gasteiger partial charge on any atom is 0.472 e. The van der Waals surface area contributed by atoms with Crippen LogP contribution in [0.15, 0.2) is 0 Å². The summed E-state index contributed by atoms with van der Waals surface area (Å²) < 4.78 is 68.1. The van der Waals surface area contributed by atoms with E-state index in [1.165, 1.54) is 161 Å². The topological polar surface area (TPSA) is 237 Å². The highest BCUT2D eigenvalue weighted by Gasteiger charge is 2.30. The summed E-state index contributed by atoms with van der Waals surface area (Å²) in [5.41, 5.74) is 0. The third-order valence-electron chi connectivity index (χ3n) is 16.1. The third-order valence-corrected chi connectivity index (χ3v) is 18.0. The average Bonchev–Trinajstić information content (AvgIpc) is 3.49. The number of hydrogen-bond donors (Lipinski definition) is 3. The standard InChI is InChI=1S/C68H132O17P2/c1-6-10-13-16-19-21-23-25-27-29-31-33-36-42-47-52-66(71)79-58-63(84-67(72)53-48-43-37-34-32-30-28-26-24-22-20-17-14-11-7-2)59-82-86(74,75)80-55-62(69)56-81-87(76,77)83-60-64(57-78-65(70)51-46-41-35-18-15-12-8-3)85-68(73)54-49-44-39-38-40-45-50-61(5)9-4/h61-64,69H,6-60H2,1-5H3,(H,74,75)(H,76,77)/t61?,62-,63-,64-/m1/s1. The van der Waals surface area contributed by atoms with Gasteiger partial charge in [-0.15, -0.1) is 0 Å². The second kappa shape index (κ2) is 61.6. The molecule has 0 fully saturated rings. The summed E-state index contributed by atoms with van der Waals surface area (Å²) in [6.07, 6.45) is 47.3. The fourth-order valence-electron chi connectivity index (χ4n) is 10.3. The number of carbonyl (C=O) groups excluding carboxylic acids is 4. The zero-order chi connectivity index (χ0) is 64.2. The summed E-state index contributed by atoms with van der Waals surface area (Å²) in [5, 5.41) is 10.6. The first-order chi connectivity index (χ1) is 42.1. The van der Waals surface area contributed by atoms with Crippen molar-refractivity contribution in [1.82, 2.24) is 0 Å². The lowest BCUT2D eigenvalue weighted by atomic mass is 10.00. The van der Waals surface area contributed by atoms with Gasteiger partial charge in [-0.3, -0.25) is 37.3 Å². The van der Waals surface area contributed by atoms with Crippen LogP contribution in [0.4, 0.5) is 0 Å². The fraction of sp³-hybridized carbons (Fsp3) is 0.941. The third kappa shape index (κ3) is 61.3. The molecule has 19 heteroatoms. The van der Waals surface area contributed by atoms with E-state index in [-0.39, 0.29) is 25.7 Å². The van der Waals surface area contributed by atoms with Gasteiger partial charge in [0, 0.05) is 25.7 Å². The number of phosphoric acid groups is 2. The summed E-state index contributed by atoms with van der Waals surface area (Å²) in [6, 6.07) is 0. The van der Waals surface area contributed by atoms with Crippen LogP contribution in [0.3, 0.4) is 0 Å². The van der Waals surface area contributed by atoms with Crippen LogP contribution < -0.4 is 0 Å². The Morgan fingerprint density at radius 2 is 0.552 bits per heavy atom. The molecule has 0 aromatic heterocycles. The number of esters is 4. The first-order valence-corrected chi connectivity index (χ1v) is 38.7. The Labute approximate surface area is 530 Å². The van der Waals surface area contributed by atoms with E-state index in [4.69, 9.17) is 37.0 Å². The van der Waals surface area contributed by atoms with Crippen LogP contribution in [0.25, 0.3) is 0 Å². The lowest BCUT2D eigenvalue weighted by Crippen LogP contribution is -2.30. The molecule has 0 bridgehead atoms. The molecule has 0 aliphatic heterocycles. The molecule has 0 saturated carbocycles. The van der Waals surface area contributed by atoms with Crippen LogP contribution in [0.1, 0.15) is 349 Å². The molecule has 0 heterocycles. The first kappa shape index (κ1) is 85.1. The largest absolute Gasteiger partial charge is 0.472 e. The number of ether oxygens (including phenoxy) is 4. The molecule has 17 nitrogen and oxygen atoms in total. The molecule has 0 radical (unpaired) electrons. The van der Waals surface area contributed by atoms with Crippen molar-refractivity contribution in [1.29, 1.82) is 0 Å². The molecule has 0 aromatic rings. The molecular weight excluding hydrogens is 1150 g/mol. The van der Waals surface area contributed by atoms with E-state index in [0.29, 0.717) is 25.7 Å². The van der Waals surface area contributed by atoms with E-state index in [1.54, 1.807) is 0 Å². The molecule has 0 spiro atoms. The van der Waals surface area contributed by atoms with E-state index in [1.807, 2.05) is 0 Å². The van der Waals surface area contributed by atoms with E-state index in [0.717, 1.165) is 109 Å². The highest BCUT2D eigenvalue weighted by molar-refractivity contribution is 7.47. The van der Waals surface area contributed by atoms with Gasteiger partial charge in [0.05, 0.1) is 26.4 Å². The molecule has 0 saturated heterocycles. The number of aliphatic hydroxyl groups is 1. The van der Waals surface area contributed by atoms with Crippen LogP contribution in [0, 0.1) is 5.92 Å². The minimum absolute atomic E-state index is 0.103. The van der Waals surface area contributed by atoms with Gasteiger partial charge >= 0.3 is 39.5 Å². The lowest BCUT2D eigenvalue weighted by Gasteiger charge is -2.21. The van der Waals surface area contributed by atoms with Crippen LogP contribution in [-0.4, -0.2) is 96.7 Å². The SMILES string of the molecule is CCCCCCCCCCCCCCCCCC(=O)OC[C@H](COP(=O)(O)OC[C@@H](O)COP(=O)(O)OC[C@@H](COC(=O)CCCCCCCCC)OC(=O)CCCCCCCCC(C)CC)OC(=O)CCCCCCCCCCCCCCCCC. The molecule has 516 valence electrons. The molecule has 87 heavy (non-hydrogen) atoms. The predicted octanol–water partition coefficient (Wildman–Crippen LogP) is 19.4. The predicted molar refractivity (Wildman–Crippen MR) is 349 cm³/mol. The van der Waals surface area contributed by atoms with Gasteiger partial charge in [-0.25, -0.2) is 9.13 Å². The molecule has 0 aromatic carbocycles. The maximum absolute atomic E-state index is 13.0. The van der Waals surface area contributed by atoms with Crippen LogP contribution >= 0.6 is 15.6 Å². The summed E-state index contributed by atoms with van der Waals surface area (Å²) >= 11 is 0. The van der Waals surface area contributed by atoms with Gasteiger partial charge < -0.3 is 33.8 Å². The molecule has 0 amide bonds. The Bertz CT molecular complexity index is 1690. The minimum atomic E-state index is -4.95. The Kier molecular flexibility index (Phi) is 60.2.